The van der Waals surface area contributed by atoms with Gasteiger partial charge in [0, 0.05) is 24.5 Å². The number of alkyl halides is 1. The van der Waals surface area contributed by atoms with Crippen LogP contribution in [0.4, 0.5) is 0 Å². The predicted octanol–water partition coefficient (Wildman–Crippen LogP) is 3.93. The van der Waals surface area contributed by atoms with Gasteiger partial charge in [0.25, 0.3) is 5.91 Å². The van der Waals surface area contributed by atoms with Crippen molar-refractivity contribution in [2.24, 2.45) is 5.92 Å². The maximum Gasteiger partial charge on any atom is 0.253 e. The Morgan fingerprint density at radius 1 is 1.22 bits per heavy atom. The van der Waals surface area contributed by atoms with Crippen molar-refractivity contribution in [3.8, 4) is 0 Å². The Balaban J connectivity index is 2.73. The van der Waals surface area contributed by atoms with E-state index < -0.39 is 0 Å². The quantitative estimate of drug-likeness (QED) is 0.740. The van der Waals surface area contributed by atoms with Crippen LogP contribution >= 0.6 is 11.6 Å². The normalized spacial score (nSPS) is 12.6. The molecule has 0 aliphatic heterocycles. The molecule has 1 unspecified atom stereocenters. The molecule has 0 fully saturated rings. The highest BCUT2D eigenvalue weighted by molar-refractivity contribution is 6.17. The van der Waals surface area contributed by atoms with Crippen LogP contribution in [0, 0.1) is 5.92 Å². The number of amides is 1. The van der Waals surface area contributed by atoms with E-state index in [0.29, 0.717) is 11.8 Å². The number of nitrogens with zero attached hydrogens (tertiary/aromatic N) is 1. The molecule has 1 aromatic carbocycles. The number of rotatable bonds is 5. The van der Waals surface area contributed by atoms with E-state index >= 15 is 0 Å². The smallest absolute Gasteiger partial charge is 0.253 e. The van der Waals surface area contributed by atoms with Gasteiger partial charge in [0.05, 0.1) is 0 Å². The monoisotopic (exact) mass is 267 g/mol. The average molecular weight is 268 g/mol. The predicted molar refractivity (Wildman–Crippen MR) is 77.0 cm³/mol. The Kier molecular flexibility index (Phi) is 5.67. The van der Waals surface area contributed by atoms with Gasteiger partial charge in [-0.05, 0) is 37.0 Å². The zero-order valence-electron chi connectivity index (χ0n) is 11.6. The highest BCUT2D eigenvalue weighted by Gasteiger charge is 2.18. The molecule has 0 bridgehead atoms. The van der Waals surface area contributed by atoms with Crippen LogP contribution < -0.4 is 0 Å². The van der Waals surface area contributed by atoms with E-state index in [1.165, 1.54) is 0 Å². The van der Waals surface area contributed by atoms with Gasteiger partial charge < -0.3 is 4.90 Å². The third kappa shape index (κ3) is 4.02. The first-order chi connectivity index (χ1) is 8.45. The van der Waals surface area contributed by atoms with Gasteiger partial charge in [-0.3, -0.25) is 4.79 Å². The number of carbonyl (C=O) groups excluding carboxylic acids is 1. The van der Waals surface area contributed by atoms with Crippen molar-refractivity contribution in [1.82, 2.24) is 4.90 Å². The lowest BCUT2D eigenvalue weighted by Gasteiger charge is -2.26. The van der Waals surface area contributed by atoms with Gasteiger partial charge in [0.2, 0.25) is 0 Å². The van der Waals surface area contributed by atoms with E-state index in [2.05, 4.69) is 20.8 Å². The summed E-state index contributed by atoms with van der Waals surface area (Å²) in [6.07, 6.45) is 1.02. The molecule has 0 saturated carbocycles. The van der Waals surface area contributed by atoms with Crippen molar-refractivity contribution < 1.29 is 4.79 Å². The third-order valence-electron chi connectivity index (χ3n) is 3.15. The van der Waals surface area contributed by atoms with Crippen LogP contribution in [-0.2, 0) is 5.88 Å². The molecular weight excluding hydrogens is 246 g/mol. The number of hydrogen-bond donors (Lipinski definition) is 0. The lowest BCUT2D eigenvalue weighted by atomic mass is 10.0. The summed E-state index contributed by atoms with van der Waals surface area (Å²) in [5.41, 5.74) is 1.76. The molecule has 1 rings (SSSR count). The fraction of sp³-hybridized carbons (Fsp3) is 0.533. The molecule has 0 aromatic heterocycles. The van der Waals surface area contributed by atoms with Gasteiger partial charge in [-0.1, -0.05) is 26.0 Å². The second kappa shape index (κ2) is 6.79. The summed E-state index contributed by atoms with van der Waals surface area (Å²) in [6.45, 7) is 6.43. The average Bonchev–Trinajstić information content (AvgIpc) is 2.36. The second-order valence-corrected chi connectivity index (χ2v) is 5.49. The molecule has 0 aliphatic carbocycles. The first kappa shape index (κ1) is 15.0. The van der Waals surface area contributed by atoms with E-state index in [-0.39, 0.29) is 11.9 Å². The molecule has 0 saturated heterocycles. The Bertz CT molecular complexity index is 386. The van der Waals surface area contributed by atoms with Crippen molar-refractivity contribution in [2.45, 2.75) is 39.1 Å². The van der Waals surface area contributed by atoms with Gasteiger partial charge >= 0.3 is 0 Å². The summed E-state index contributed by atoms with van der Waals surface area (Å²) in [4.78, 5) is 14.1. The fourth-order valence-corrected chi connectivity index (χ4v) is 2.16. The van der Waals surface area contributed by atoms with Crippen LogP contribution in [0.5, 0.6) is 0 Å². The third-order valence-corrected chi connectivity index (χ3v) is 3.46. The summed E-state index contributed by atoms with van der Waals surface area (Å²) < 4.78 is 0. The highest BCUT2D eigenvalue weighted by atomic mass is 35.5. The molecule has 0 N–H and O–H groups in total. The highest BCUT2D eigenvalue weighted by Crippen LogP contribution is 2.14. The molecule has 0 radical (unpaired) electrons. The Morgan fingerprint density at radius 2 is 1.78 bits per heavy atom. The molecule has 1 amide bonds. The Morgan fingerprint density at radius 3 is 2.22 bits per heavy atom. The number of hydrogen-bond acceptors (Lipinski definition) is 1. The van der Waals surface area contributed by atoms with Gasteiger partial charge in [-0.2, -0.15) is 0 Å². The summed E-state index contributed by atoms with van der Waals surface area (Å²) >= 11 is 5.73. The minimum atomic E-state index is 0.0734. The molecule has 0 heterocycles. The molecule has 1 atom stereocenters. The minimum absolute atomic E-state index is 0.0734. The Labute approximate surface area is 115 Å². The van der Waals surface area contributed by atoms with Gasteiger partial charge in [0.15, 0.2) is 0 Å². The summed E-state index contributed by atoms with van der Waals surface area (Å²) in [6, 6.07) is 7.75. The molecular formula is C15H22ClNO. The maximum atomic E-state index is 12.3. The maximum absolute atomic E-state index is 12.3. The fourth-order valence-electron chi connectivity index (χ4n) is 1.98. The summed E-state index contributed by atoms with van der Waals surface area (Å²) in [5, 5.41) is 0. The van der Waals surface area contributed by atoms with Crippen molar-refractivity contribution in [3.63, 3.8) is 0 Å². The molecule has 0 spiro atoms. The van der Waals surface area contributed by atoms with Crippen molar-refractivity contribution in [1.29, 1.82) is 0 Å². The van der Waals surface area contributed by atoms with Crippen LogP contribution in [0.1, 0.15) is 43.1 Å². The van der Waals surface area contributed by atoms with Crippen LogP contribution in [0.15, 0.2) is 24.3 Å². The van der Waals surface area contributed by atoms with Crippen LogP contribution in [0.2, 0.25) is 0 Å². The summed E-state index contributed by atoms with van der Waals surface area (Å²) in [5.74, 6) is 1.15. The number of carbonyl (C=O) groups is 1. The van der Waals surface area contributed by atoms with Crippen LogP contribution in [0.3, 0.4) is 0 Å². The summed E-state index contributed by atoms with van der Waals surface area (Å²) in [7, 11) is 1.87. The SMILES string of the molecule is CC(C)CC(C)N(C)C(=O)c1ccc(CCl)cc1. The van der Waals surface area contributed by atoms with Crippen molar-refractivity contribution in [2.75, 3.05) is 7.05 Å². The molecule has 100 valence electrons. The van der Waals surface area contributed by atoms with Crippen LogP contribution in [0.25, 0.3) is 0 Å². The van der Waals surface area contributed by atoms with Gasteiger partial charge in [-0.15, -0.1) is 11.6 Å². The van der Waals surface area contributed by atoms with Gasteiger partial charge in [0.1, 0.15) is 0 Å². The van der Waals surface area contributed by atoms with Gasteiger partial charge in [-0.25, -0.2) is 0 Å². The first-order valence-electron chi connectivity index (χ1n) is 6.37. The van der Waals surface area contributed by atoms with E-state index in [0.717, 1.165) is 17.5 Å². The standard InChI is InChI=1S/C15H22ClNO/c1-11(2)9-12(3)17(4)15(18)14-7-5-13(10-16)6-8-14/h5-8,11-12H,9-10H2,1-4H3. The van der Waals surface area contributed by atoms with E-state index in [1.807, 2.05) is 36.2 Å². The Hall–Kier alpha value is -1.02. The van der Waals surface area contributed by atoms with Crippen molar-refractivity contribution in [3.05, 3.63) is 35.4 Å². The number of benzene rings is 1. The van der Waals surface area contributed by atoms with Crippen LogP contribution in [-0.4, -0.2) is 23.9 Å². The number of halogens is 1. The lowest BCUT2D eigenvalue weighted by molar-refractivity contribution is 0.0728. The molecule has 2 nitrogen and oxygen atoms in total. The molecule has 1 aromatic rings. The van der Waals surface area contributed by atoms with E-state index in [9.17, 15) is 4.79 Å². The zero-order valence-corrected chi connectivity index (χ0v) is 12.4. The molecule has 3 heteroatoms. The second-order valence-electron chi connectivity index (χ2n) is 5.23. The zero-order chi connectivity index (χ0) is 13.7. The van der Waals surface area contributed by atoms with E-state index in [4.69, 9.17) is 11.6 Å². The lowest BCUT2D eigenvalue weighted by Crippen LogP contribution is -2.35. The molecule has 18 heavy (non-hydrogen) atoms. The largest absolute Gasteiger partial charge is 0.339 e. The van der Waals surface area contributed by atoms with E-state index in [1.54, 1.807) is 0 Å². The molecule has 0 aliphatic rings. The first-order valence-corrected chi connectivity index (χ1v) is 6.91. The minimum Gasteiger partial charge on any atom is -0.339 e. The topological polar surface area (TPSA) is 20.3 Å². The van der Waals surface area contributed by atoms with Crippen molar-refractivity contribution >= 4 is 17.5 Å².